The monoisotopic (exact) mass is 383 g/mol. The first-order valence-corrected chi connectivity index (χ1v) is 10.2. The van der Waals surface area contributed by atoms with E-state index in [0.29, 0.717) is 11.6 Å². The molecule has 0 atom stereocenters. The van der Waals surface area contributed by atoms with Crippen LogP contribution < -0.4 is 4.90 Å². The van der Waals surface area contributed by atoms with E-state index in [1.54, 1.807) is 16.0 Å². The SMILES string of the molecule is Cc1cc(C(=O)N(C)CC2CCN(c3ccnc4ccsc34)CC2)nn1C. The fourth-order valence-corrected chi connectivity index (χ4v) is 4.69. The molecule has 0 unspecified atom stereocenters. The second kappa shape index (κ2) is 7.31. The Morgan fingerprint density at radius 2 is 2.11 bits per heavy atom. The van der Waals surface area contributed by atoms with Crippen molar-refractivity contribution in [2.45, 2.75) is 19.8 Å². The first kappa shape index (κ1) is 18.0. The third-order valence-corrected chi connectivity index (χ3v) is 6.42. The predicted octanol–water partition coefficient (Wildman–Crippen LogP) is 3.33. The summed E-state index contributed by atoms with van der Waals surface area (Å²) in [7, 11) is 3.75. The number of aromatic nitrogens is 3. The Morgan fingerprint density at radius 3 is 2.81 bits per heavy atom. The lowest BCUT2D eigenvalue weighted by Crippen LogP contribution is -2.39. The molecule has 1 fully saturated rings. The maximum Gasteiger partial charge on any atom is 0.274 e. The molecule has 4 rings (SSSR count). The number of hydrogen-bond donors (Lipinski definition) is 0. The van der Waals surface area contributed by atoms with Crippen molar-refractivity contribution >= 4 is 33.1 Å². The Kier molecular flexibility index (Phi) is 4.86. The zero-order valence-corrected chi connectivity index (χ0v) is 16.9. The average molecular weight is 384 g/mol. The number of anilines is 1. The van der Waals surface area contributed by atoms with Crippen molar-refractivity contribution in [2.24, 2.45) is 13.0 Å². The molecule has 0 bridgehead atoms. The van der Waals surface area contributed by atoms with Crippen molar-refractivity contribution in [1.82, 2.24) is 19.7 Å². The minimum Gasteiger partial charge on any atom is -0.370 e. The molecule has 1 amide bonds. The van der Waals surface area contributed by atoms with E-state index >= 15 is 0 Å². The summed E-state index contributed by atoms with van der Waals surface area (Å²) >= 11 is 1.76. The summed E-state index contributed by atoms with van der Waals surface area (Å²) in [5, 5.41) is 6.42. The second-order valence-corrected chi connectivity index (χ2v) is 8.29. The van der Waals surface area contributed by atoms with Crippen LogP contribution >= 0.6 is 11.3 Å². The highest BCUT2D eigenvalue weighted by molar-refractivity contribution is 7.17. The zero-order valence-electron chi connectivity index (χ0n) is 16.1. The van der Waals surface area contributed by atoms with Gasteiger partial charge in [-0.3, -0.25) is 14.5 Å². The lowest BCUT2D eigenvalue weighted by molar-refractivity contribution is 0.0758. The minimum absolute atomic E-state index is 0.00978. The van der Waals surface area contributed by atoms with Gasteiger partial charge in [-0.15, -0.1) is 11.3 Å². The van der Waals surface area contributed by atoms with Crippen LogP contribution in [0.2, 0.25) is 0 Å². The van der Waals surface area contributed by atoms with E-state index in [0.717, 1.165) is 43.7 Å². The molecule has 0 spiro atoms. The maximum atomic E-state index is 12.6. The van der Waals surface area contributed by atoms with E-state index in [9.17, 15) is 4.79 Å². The summed E-state index contributed by atoms with van der Waals surface area (Å²) in [4.78, 5) is 21.3. The molecule has 1 aliphatic heterocycles. The van der Waals surface area contributed by atoms with Crippen molar-refractivity contribution in [3.63, 3.8) is 0 Å². The van der Waals surface area contributed by atoms with Crippen LogP contribution in [0.3, 0.4) is 0 Å². The van der Waals surface area contributed by atoms with Gasteiger partial charge in [-0.1, -0.05) is 0 Å². The minimum atomic E-state index is 0.00978. The van der Waals surface area contributed by atoms with E-state index < -0.39 is 0 Å². The van der Waals surface area contributed by atoms with Crippen molar-refractivity contribution in [3.05, 3.63) is 41.2 Å². The molecular formula is C20H25N5OS. The zero-order chi connectivity index (χ0) is 19.0. The number of amides is 1. The predicted molar refractivity (Wildman–Crippen MR) is 109 cm³/mol. The standard InChI is InChI=1S/C20H25N5OS/c1-14-12-17(22-24(14)3)20(26)23(2)13-15-5-9-25(10-6-15)18-4-8-21-16-7-11-27-19(16)18/h4,7-8,11-12,15H,5-6,9-10,13H2,1-3H3. The first-order chi connectivity index (χ1) is 13.0. The number of thiophene rings is 1. The number of carbonyl (C=O) groups excluding carboxylic acids is 1. The summed E-state index contributed by atoms with van der Waals surface area (Å²) in [5.74, 6) is 0.538. The van der Waals surface area contributed by atoms with Crippen LogP contribution in [0.15, 0.2) is 29.8 Å². The van der Waals surface area contributed by atoms with Gasteiger partial charge in [0, 0.05) is 45.6 Å². The van der Waals surface area contributed by atoms with Crippen LogP contribution in [0.4, 0.5) is 5.69 Å². The quantitative estimate of drug-likeness (QED) is 0.693. The number of nitrogens with zero attached hydrogens (tertiary/aromatic N) is 5. The fourth-order valence-electron chi connectivity index (χ4n) is 3.80. The Balaban J connectivity index is 1.36. The van der Waals surface area contributed by atoms with Crippen molar-refractivity contribution in [1.29, 1.82) is 0 Å². The highest BCUT2D eigenvalue weighted by Gasteiger charge is 2.24. The molecule has 1 aliphatic rings. The molecule has 3 aromatic rings. The molecule has 4 heterocycles. The Bertz CT molecular complexity index is 935. The maximum absolute atomic E-state index is 12.6. The number of fused-ring (bicyclic) bond motifs is 1. The number of carbonyl (C=O) groups is 1. The van der Waals surface area contributed by atoms with Crippen LogP contribution in [0, 0.1) is 12.8 Å². The van der Waals surface area contributed by atoms with E-state index in [1.807, 2.05) is 38.2 Å². The van der Waals surface area contributed by atoms with Crippen LogP contribution in [0.1, 0.15) is 29.0 Å². The number of piperidine rings is 1. The Hall–Kier alpha value is -2.41. The molecule has 1 saturated heterocycles. The Labute approximate surface area is 163 Å². The van der Waals surface area contributed by atoms with Crippen LogP contribution in [-0.2, 0) is 7.05 Å². The second-order valence-electron chi connectivity index (χ2n) is 7.38. The third kappa shape index (κ3) is 3.56. The molecule has 0 radical (unpaired) electrons. The van der Waals surface area contributed by atoms with Gasteiger partial charge in [0.2, 0.25) is 0 Å². The lowest BCUT2D eigenvalue weighted by Gasteiger charge is -2.35. The highest BCUT2D eigenvalue weighted by atomic mass is 32.1. The van der Waals surface area contributed by atoms with Gasteiger partial charge in [-0.25, -0.2) is 0 Å². The summed E-state index contributed by atoms with van der Waals surface area (Å²) in [6.07, 6.45) is 4.08. The molecule has 7 heteroatoms. The summed E-state index contributed by atoms with van der Waals surface area (Å²) in [5.41, 5.74) is 3.90. The number of pyridine rings is 1. The van der Waals surface area contributed by atoms with Crippen LogP contribution in [0.25, 0.3) is 10.2 Å². The lowest BCUT2D eigenvalue weighted by atomic mass is 9.96. The van der Waals surface area contributed by atoms with Gasteiger partial charge in [0.1, 0.15) is 0 Å². The number of hydrogen-bond acceptors (Lipinski definition) is 5. The van der Waals surface area contributed by atoms with E-state index in [2.05, 4.69) is 32.5 Å². The van der Waals surface area contributed by atoms with Gasteiger partial charge in [-0.05, 0) is 49.3 Å². The van der Waals surface area contributed by atoms with Crippen molar-refractivity contribution in [3.8, 4) is 0 Å². The van der Waals surface area contributed by atoms with Gasteiger partial charge in [0.15, 0.2) is 5.69 Å². The van der Waals surface area contributed by atoms with Gasteiger partial charge in [0.25, 0.3) is 5.91 Å². The highest BCUT2D eigenvalue weighted by Crippen LogP contribution is 2.32. The van der Waals surface area contributed by atoms with Gasteiger partial charge >= 0.3 is 0 Å². The first-order valence-electron chi connectivity index (χ1n) is 9.36. The van der Waals surface area contributed by atoms with E-state index in [-0.39, 0.29) is 5.91 Å². The summed E-state index contributed by atoms with van der Waals surface area (Å²) in [6.45, 7) is 4.79. The van der Waals surface area contributed by atoms with Crippen LogP contribution in [-0.4, -0.2) is 52.3 Å². The molecule has 3 aromatic heterocycles. The number of rotatable bonds is 4. The third-order valence-electron chi connectivity index (χ3n) is 5.49. The normalized spacial score (nSPS) is 15.4. The Morgan fingerprint density at radius 1 is 1.33 bits per heavy atom. The largest absolute Gasteiger partial charge is 0.370 e. The van der Waals surface area contributed by atoms with Crippen molar-refractivity contribution < 1.29 is 4.79 Å². The van der Waals surface area contributed by atoms with Crippen LogP contribution in [0.5, 0.6) is 0 Å². The summed E-state index contributed by atoms with van der Waals surface area (Å²) in [6, 6.07) is 6.06. The molecular weight excluding hydrogens is 358 g/mol. The molecule has 0 saturated carbocycles. The molecule has 0 aromatic carbocycles. The molecule has 27 heavy (non-hydrogen) atoms. The van der Waals surface area contributed by atoms with Gasteiger partial charge in [-0.2, -0.15) is 5.10 Å². The fraction of sp³-hybridized carbons (Fsp3) is 0.450. The smallest absolute Gasteiger partial charge is 0.274 e. The number of aryl methyl sites for hydroxylation is 2. The molecule has 6 nitrogen and oxygen atoms in total. The summed E-state index contributed by atoms with van der Waals surface area (Å²) < 4.78 is 3.02. The molecule has 0 N–H and O–H groups in total. The average Bonchev–Trinajstić information content (AvgIpc) is 3.28. The topological polar surface area (TPSA) is 54.3 Å². The van der Waals surface area contributed by atoms with E-state index in [1.165, 1.54) is 10.4 Å². The van der Waals surface area contributed by atoms with Gasteiger partial charge < -0.3 is 9.80 Å². The van der Waals surface area contributed by atoms with Gasteiger partial charge in [0.05, 0.1) is 15.9 Å². The molecule has 142 valence electrons. The van der Waals surface area contributed by atoms with Crippen molar-refractivity contribution in [2.75, 3.05) is 31.6 Å². The van der Waals surface area contributed by atoms with E-state index in [4.69, 9.17) is 0 Å². The molecule has 0 aliphatic carbocycles.